The molecule has 2 aromatic heterocycles. The number of nitrogens with zero attached hydrogens (tertiary/aromatic N) is 6. The van der Waals surface area contributed by atoms with Gasteiger partial charge in [0.15, 0.2) is 5.69 Å². The van der Waals surface area contributed by atoms with Crippen molar-refractivity contribution in [3.63, 3.8) is 0 Å². The molecule has 30 heavy (non-hydrogen) atoms. The van der Waals surface area contributed by atoms with E-state index in [1.54, 1.807) is 0 Å². The molecule has 0 unspecified atom stereocenters. The van der Waals surface area contributed by atoms with Crippen LogP contribution in [0, 0.1) is 23.0 Å². The Morgan fingerprint density at radius 1 is 1.17 bits per heavy atom. The van der Waals surface area contributed by atoms with Crippen LogP contribution in [0.15, 0.2) is 35.4 Å². The van der Waals surface area contributed by atoms with Gasteiger partial charge < -0.3 is 4.74 Å². The summed E-state index contributed by atoms with van der Waals surface area (Å²) in [4.78, 5) is 20.9. The zero-order chi connectivity index (χ0) is 20.8. The van der Waals surface area contributed by atoms with E-state index in [9.17, 15) is 13.6 Å². The Morgan fingerprint density at radius 2 is 1.93 bits per heavy atom. The molecule has 0 amide bonds. The van der Waals surface area contributed by atoms with Gasteiger partial charge in [-0.3, -0.25) is 9.55 Å². The van der Waals surface area contributed by atoms with Crippen LogP contribution in [0.3, 0.4) is 0 Å². The molecule has 1 aliphatic carbocycles. The molecule has 2 aliphatic rings. The second-order valence-electron chi connectivity index (χ2n) is 7.49. The van der Waals surface area contributed by atoms with Gasteiger partial charge in [0.25, 0.3) is 0 Å². The summed E-state index contributed by atoms with van der Waals surface area (Å²) in [6, 6.07) is 4.69. The maximum atomic E-state index is 13.6. The van der Waals surface area contributed by atoms with Gasteiger partial charge in [-0.2, -0.15) is 15.3 Å². The molecule has 1 saturated carbocycles. The molecule has 3 heterocycles. The maximum Gasteiger partial charge on any atom is 0.346 e. The fourth-order valence-electron chi connectivity index (χ4n) is 4.10. The molecule has 0 bridgehead atoms. The Kier molecular flexibility index (Phi) is 4.31. The van der Waals surface area contributed by atoms with Crippen LogP contribution in [0.2, 0.25) is 0 Å². The van der Waals surface area contributed by atoms with Gasteiger partial charge in [0.05, 0.1) is 24.5 Å². The molecule has 1 aliphatic heterocycles. The molecule has 10 heteroatoms. The van der Waals surface area contributed by atoms with Crippen LogP contribution < -0.4 is 10.4 Å². The van der Waals surface area contributed by atoms with E-state index in [0.29, 0.717) is 37.1 Å². The number of hydrogen-bond donors (Lipinski definition) is 0. The second kappa shape index (κ2) is 7.02. The van der Waals surface area contributed by atoms with Crippen molar-refractivity contribution in [3.05, 3.63) is 69.8 Å². The average molecular weight is 410 g/mol. The smallest absolute Gasteiger partial charge is 0.346 e. The van der Waals surface area contributed by atoms with Crippen molar-refractivity contribution in [1.29, 1.82) is 5.26 Å². The highest BCUT2D eigenvalue weighted by Crippen LogP contribution is 2.35. The van der Waals surface area contributed by atoms with Gasteiger partial charge in [-0.1, -0.05) is 0 Å². The molecule has 1 atom stereocenters. The Morgan fingerprint density at radius 3 is 2.67 bits per heavy atom. The molecule has 1 aromatic carbocycles. The van der Waals surface area contributed by atoms with E-state index in [-0.39, 0.29) is 29.4 Å². The monoisotopic (exact) mass is 410 g/mol. The molecule has 3 aromatic rings. The van der Waals surface area contributed by atoms with Gasteiger partial charge in [-0.05, 0) is 24.1 Å². The molecule has 1 fully saturated rings. The van der Waals surface area contributed by atoms with Crippen molar-refractivity contribution >= 4 is 0 Å². The van der Waals surface area contributed by atoms with Crippen molar-refractivity contribution in [2.24, 2.45) is 0 Å². The molecule has 0 saturated heterocycles. The van der Waals surface area contributed by atoms with Crippen LogP contribution in [-0.4, -0.2) is 30.4 Å². The number of hydrogen-bond acceptors (Lipinski definition) is 6. The van der Waals surface area contributed by atoms with Gasteiger partial charge in [-0.25, -0.2) is 18.3 Å². The lowest BCUT2D eigenvalue weighted by Crippen LogP contribution is -2.41. The first kappa shape index (κ1) is 18.4. The van der Waals surface area contributed by atoms with Gasteiger partial charge in [-0.15, -0.1) is 0 Å². The number of rotatable bonds is 4. The first-order chi connectivity index (χ1) is 14.5. The van der Waals surface area contributed by atoms with Crippen LogP contribution in [0.25, 0.3) is 0 Å². The summed E-state index contributed by atoms with van der Waals surface area (Å²) in [5, 5.41) is 13.3. The molecule has 152 valence electrons. The molecule has 0 spiro atoms. The second-order valence-corrected chi connectivity index (χ2v) is 7.49. The summed E-state index contributed by atoms with van der Waals surface area (Å²) in [6.07, 6.45) is 4.90. The van der Waals surface area contributed by atoms with Crippen molar-refractivity contribution in [1.82, 2.24) is 24.3 Å². The highest BCUT2D eigenvalue weighted by molar-refractivity contribution is 5.25. The van der Waals surface area contributed by atoms with Gasteiger partial charge in [0.2, 0.25) is 5.88 Å². The fraction of sp³-hybridized carbons (Fsp3) is 0.350. The van der Waals surface area contributed by atoms with E-state index in [1.165, 1.54) is 33.8 Å². The fourth-order valence-corrected chi connectivity index (χ4v) is 4.10. The molecule has 8 nitrogen and oxygen atoms in total. The zero-order valence-corrected chi connectivity index (χ0v) is 15.7. The predicted octanol–water partition coefficient (Wildman–Crippen LogP) is 2.30. The Bertz CT molecular complexity index is 1200. The minimum absolute atomic E-state index is 0.127. The van der Waals surface area contributed by atoms with Crippen molar-refractivity contribution in [2.45, 2.75) is 43.9 Å². The van der Waals surface area contributed by atoms with E-state index >= 15 is 0 Å². The summed E-state index contributed by atoms with van der Waals surface area (Å²) in [7, 11) is 0. The predicted molar refractivity (Wildman–Crippen MR) is 98.7 cm³/mol. The van der Waals surface area contributed by atoms with Crippen LogP contribution in [0.1, 0.15) is 48.4 Å². The summed E-state index contributed by atoms with van der Waals surface area (Å²) in [5.41, 5.74) is 0.315. The summed E-state index contributed by atoms with van der Waals surface area (Å²) in [6.45, 7) is 0. The number of aromatic nitrogens is 5. The van der Waals surface area contributed by atoms with E-state index < -0.39 is 17.7 Å². The summed E-state index contributed by atoms with van der Waals surface area (Å²) >= 11 is 0. The largest absolute Gasteiger partial charge is 0.473 e. The van der Waals surface area contributed by atoms with Crippen LogP contribution in [0.4, 0.5) is 8.78 Å². The highest BCUT2D eigenvalue weighted by atomic mass is 19.1. The topological polar surface area (TPSA) is 98.6 Å². The first-order valence-corrected chi connectivity index (χ1v) is 9.56. The number of halogens is 2. The minimum atomic E-state index is -0.665. The molecule has 5 rings (SSSR count). The van der Waals surface area contributed by atoms with Gasteiger partial charge in [0, 0.05) is 25.3 Å². The zero-order valence-electron chi connectivity index (χ0n) is 15.7. The number of benzene rings is 1. The molecule has 0 N–H and O–H groups in total. The summed E-state index contributed by atoms with van der Waals surface area (Å²) < 4.78 is 36.0. The van der Waals surface area contributed by atoms with E-state index in [2.05, 4.69) is 15.1 Å². The minimum Gasteiger partial charge on any atom is -0.473 e. The number of nitriles is 1. The number of fused-ring (bicyclic) bond motifs is 1. The summed E-state index contributed by atoms with van der Waals surface area (Å²) in [5.74, 6) is -0.445. The molecule has 0 radical (unpaired) electrons. The normalized spacial score (nSPS) is 22.2. The quantitative estimate of drug-likeness (QED) is 0.655. The Labute approximate surface area is 169 Å². The lowest BCUT2D eigenvalue weighted by atomic mass is 9.89. The van der Waals surface area contributed by atoms with E-state index in [4.69, 9.17) is 10.00 Å². The standard InChI is InChI=1S/C20H16F2N6O2/c21-12-3-11(4-13(22)5-12)17-1-2-18-26-28(20(29)27(17)18)15-6-16(7-15)30-19-10-24-9-14(8-23)25-19/h3-5,9-10,15-17H,1-2,6-7H2/t15?,16?,17-/m0/s1. The third-order valence-electron chi connectivity index (χ3n) is 5.56. The van der Waals surface area contributed by atoms with Crippen molar-refractivity contribution < 1.29 is 13.5 Å². The first-order valence-electron chi connectivity index (χ1n) is 9.56. The van der Waals surface area contributed by atoms with E-state index in [1.807, 2.05) is 6.07 Å². The highest BCUT2D eigenvalue weighted by Gasteiger charge is 2.38. The van der Waals surface area contributed by atoms with Crippen LogP contribution in [-0.2, 0) is 6.42 Å². The molecular formula is C20H16F2N6O2. The van der Waals surface area contributed by atoms with Gasteiger partial charge in [0.1, 0.15) is 29.6 Å². The van der Waals surface area contributed by atoms with Crippen LogP contribution >= 0.6 is 0 Å². The van der Waals surface area contributed by atoms with Crippen molar-refractivity contribution in [3.8, 4) is 11.9 Å². The third kappa shape index (κ3) is 3.12. The maximum absolute atomic E-state index is 13.6. The van der Waals surface area contributed by atoms with Crippen molar-refractivity contribution in [2.75, 3.05) is 0 Å². The Hall–Kier alpha value is -3.61. The lowest BCUT2D eigenvalue weighted by Gasteiger charge is -2.34. The lowest BCUT2D eigenvalue weighted by molar-refractivity contribution is 0.0580. The third-order valence-corrected chi connectivity index (χ3v) is 5.56. The van der Waals surface area contributed by atoms with Crippen LogP contribution in [0.5, 0.6) is 5.88 Å². The SMILES string of the molecule is N#Cc1cncc(OC2CC(n3nc4n(c3=O)[C@H](c3cc(F)cc(F)c3)CC4)C2)n1. The Balaban J connectivity index is 1.32. The molecular weight excluding hydrogens is 394 g/mol. The number of aryl methyl sites for hydroxylation is 1. The van der Waals surface area contributed by atoms with E-state index in [0.717, 1.165) is 6.07 Å². The van der Waals surface area contributed by atoms with Gasteiger partial charge >= 0.3 is 5.69 Å². The average Bonchev–Trinajstić information content (AvgIpc) is 3.24. The number of ether oxygens (including phenoxy) is 1.